The van der Waals surface area contributed by atoms with Crippen molar-refractivity contribution >= 4 is 26.9 Å². The molecule has 4 fully saturated rings. The van der Waals surface area contributed by atoms with E-state index in [9.17, 15) is 13.2 Å². The lowest BCUT2D eigenvalue weighted by Gasteiger charge is -2.56. The van der Waals surface area contributed by atoms with Gasteiger partial charge in [0.15, 0.2) is 5.69 Å². The van der Waals surface area contributed by atoms with Crippen molar-refractivity contribution in [3.63, 3.8) is 0 Å². The Morgan fingerprint density at radius 1 is 1.17 bits per heavy atom. The van der Waals surface area contributed by atoms with Crippen molar-refractivity contribution in [3.8, 4) is 0 Å². The number of nitrogens with one attached hydrogen (secondary N) is 1. The van der Waals surface area contributed by atoms with Gasteiger partial charge in [-0.15, -0.1) is 0 Å². The Bertz CT molecular complexity index is 1040. The first-order valence-electron chi connectivity index (χ1n) is 10.9. The van der Waals surface area contributed by atoms with Crippen molar-refractivity contribution in [3.05, 3.63) is 30.0 Å². The van der Waals surface area contributed by atoms with Crippen LogP contribution in [0.4, 0.5) is 0 Å². The van der Waals surface area contributed by atoms with Gasteiger partial charge in [-0.3, -0.25) is 13.7 Å². The lowest BCUT2D eigenvalue weighted by molar-refractivity contribution is -0.0167. The summed E-state index contributed by atoms with van der Waals surface area (Å²) in [7, 11) is -3.45. The SMILES string of the molecule is CS(=O)(=O)OCCCn1nc(C(=O)NC23CC4CC(CC(C4)C2)C3)c2ccccc21. The van der Waals surface area contributed by atoms with E-state index >= 15 is 0 Å². The molecule has 2 aromatic rings. The molecule has 6 rings (SSSR count). The van der Waals surface area contributed by atoms with E-state index in [-0.39, 0.29) is 18.1 Å². The molecule has 162 valence electrons. The zero-order valence-electron chi connectivity index (χ0n) is 17.3. The van der Waals surface area contributed by atoms with E-state index in [1.54, 1.807) is 4.68 Å². The van der Waals surface area contributed by atoms with Crippen LogP contribution < -0.4 is 5.32 Å². The van der Waals surface area contributed by atoms with Crippen LogP contribution in [0.3, 0.4) is 0 Å². The summed E-state index contributed by atoms with van der Waals surface area (Å²) < 4.78 is 28.9. The molecule has 1 aromatic carbocycles. The molecule has 30 heavy (non-hydrogen) atoms. The third-order valence-electron chi connectivity index (χ3n) is 7.10. The van der Waals surface area contributed by atoms with E-state index in [1.165, 1.54) is 19.3 Å². The molecule has 0 aliphatic heterocycles. The third kappa shape index (κ3) is 3.87. The van der Waals surface area contributed by atoms with Crippen LogP contribution in [0.2, 0.25) is 0 Å². The Balaban J connectivity index is 1.34. The van der Waals surface area contributed by atoms with Gasteiger partial charge in [-0.1, -0.05) is 18.2 Å². The third-order valence-corrected chi connectivity index (χ3v) is 7.70. The number of benzene rings is 1. The number of fused-ring (bicyclic) bond motifs is 1. The average Bonchev–Trinajstić information content (AvgIpc) is 3.02. The van der Waals surface area contributed by atoms with Gasteiger partial charge >= 0.3 is 0 Å². The maximum Gasteiger partial charge on any atom is 0.272 e. The zero-order valence-corrected chi connectivity index (χ0v) is 18.2. The molecule has 4 aliphatic carbocycles. The highest BCUT2D eigenvalue weighted by molar-refractivity contribution is 7.85. The molecule has 0 spiro atoms. The van der Waals surface area contributed by atoms with Crippen molar-refractivity contribution in [2.45, 2.75) is 57.0 Å². The van der Waals surface area contributed by atoms with Crippen molar-refractivity contribution in [1.29, 1.82) is 0 Å². The number of hydrogen-bond acceptors (Lipinski definition) is 5. The maximum absolute atomic E-state index is 13.3. The smallest absolute Gasteiger partial charge is 0.272 e. The van der Waals surface area contributed by atoms with Crippen LogP contribution in [0.25, 0.3) is 10.9 Å². The van der Waals surface area contributed by atoms with E-state index < -0.39 is 10.1 Å². The van der Waals surface area contributed by atoms with Crippen molar-refractivity contribution in [1.82, 2.24) is 15.1 Å². The number of amides is 1. The summed E-state index contributed by atoms with van der Waals surface area (Å²) in [6, 6.07) is 7.72. The van der Waals surface area contributed by atoms with Crippen molar-refractivity contribution in [2.75, 3.05) is 12.9 Å². The molecular formula is C22H29N3O4S. The van der Waals surface area contributed by atoms with Gasteiger partial charge < -0.3 is 5.32 Å². The van der Waals surface area contributed by atoms with Gasteiger partial charge in [-0.05, 0) is 68.8 Å². The first kappa shape index (κ1) is 20.0. The Hall–Kier alpha value is -1.93. The molecule has 1 heterocycles. The normalized spacial score (nSPS) is 30.1. The fourth-order valence-corrected chi connectivity index (χ4v) is 6.87. The monoisotopic (exact) mass is 431 g/mol. The number of carbonyl (C=O) groups excluding carboxylic acids is 1. The Kier molecular flexibility index (Phi) is 4.89. The van der Waals surface area contributed by atoms with Crippen LogP contribution in [0.1, 0.15) is 55.4 Å². The Morgan fingerprint density at radius 3 is 2.43 bits per heavy atom. The number of aryl methyl sites for hydroxylation is 1. The van der Waals surface area contributed by atoms with Crippen LogP contribution >= 0.6 is 0 Å². The molecule has 7 nitrogen and oxygen atoms in total. The molecule has 4 saturated carbocycles. The van der Waals surface area contributed by atoms with Crippen molar-refractivity contribution < 1.29 is 17.4 Å². The molecule has 1 N–H and O–H groups in total. The molecule has 0 atom stereocenters. The molecular weight excluding hydrogens is 402 g/mol. The summed E-state index contributed by atoms with van der Waals surface area (Å²) in [5.41, 5.74) is 1.29. The summed E-state index contributed by atoms with van der Waals surface area (Å²) in [6.07, 6.45) is 8.86. The minimum atomic E-state index is -3.45. The first-order valence-corrected chi connectivity index (χ1v) is 12.7. The van der Waals surface area contributed by atoms with Gasteiger partial charge in [0.2, 0.25) is 0 Å². The first-order chi connectivity index (χ1) is 14.3. The largest absolute Gasteiger partial charge is 0.345 e. The molecule has 1 aromatic heterocycles. The van der Waals surface area contributed by atoms with Gasteiger partial charge in [-0.25, -0.2) is 0 Å². The minimum absolute atomic E-state index is 0.0555. The fraction of sp³-hybridized carbons (Fsp3) is 0.636. The van der Waals surface area contributed by atoms with Crippen LogP contribution in [-0.4, -0.2) is 42.5 Å². The quantitative estimate of drug-likeness (QED) is 0.537. The topological polar surface area (TPSA) is 90.3 Å². The number of nitrogens with zero attached hydrogens (tertiary/aromatic N) is 2. The highest BCUT2D eigenvalue weighted by atomic mass is 32.2. The van der Waals surface area contributed by atoms with Gasteiger partial charge in [-0.2, -0.15) is 13.5 Å². The second-order valence-corrected chi connectivity index (χ2v) is 11.3. The molecule has 1 amide bonds. The van der Waals surface area contributed by atoms with Gasteiger partial charge in [0.25, 0.3) is 16.0 Å². The predicted molar refractivity (Wildman–Crippen MR) is 114 cm³/mol. The van der Waals surface area contributed by atoms with Crippen LogP contribution in [0.5, 0.6) is 0 Å². The maximum atomic E-state index is 13.3. The minimum Gasteiger partial charge on any atom is -0.345 e. The summed E-state index contributed by atoms with van der Waals surface area (Å²) in [5.74, 6) is 2.21. The van der Waals surface area contributed by atoms with Crippen LogP contribution in [0.15, 0.2) is 24.3 Å². The van der Waals surface area contributed by atoms with E-state index in [2.05, 4.69) is 10.4 Å². The number of carbonyl (C=O) groups is 1. The number of hydrogen-bond donors (Lipinski definition) is 1. The molecule has 4 aliphatic rings. The molecule has 0 unspecified atom stereocenters. The van der Waals surface area contributed by atoms with Crippen LogP contribution in [-0.2, 0) is 20.8 Å². The van der Waals surface area contributed by atoms with E-state index in [4.69, 9.17) is 4.18 Å². The second-order valence-electron chi connectivity index (χ2n) is 9.62. The molecule has 0 radical (unpaired) electrons. The van der Waals surface area contributed by atoms with E-state index in [0.717, 1.165) is 54.2 Å². The lowest BCUT2D eigenvalue weighted by Crippen LogP contribution is -2.59. The number of aromatic nitrogens is 2. The summed E-state index contributed by atoms with van der Waals surface area (Å²) in [4.78, 5) is 13.3. The Labute approximate surface area is 177 Å². The van der Waals surface area contributed by atoms with Crippen molar-refractivity contribution in [2.24, 2.45) is 17.8 Å². The molecule has 4 bridgehead atoms. The fourth-order valence-electron chi connectivity index (χ4n) is 6.45. The lowest BCUT2D eigenvalue weighted by atomic mass is 9.53. The predicted octanol–water partition coefficient (Wildman–Crippen LogP) is 3.10. The molecule has 0 saturated heterocycles. The van der Waals surface area contributed by atoms with Gasteiger partial charge in [0.05, 0.1) is 18.4 Å². The summed E-state index contributed by atoms with van der Waals surface area (Å²) in [5, 5.41) is 8.87. The van der Waals surface area contributed by atoms with E-state index in [0.29, 0.717) is 18.7 Å². The van der Waals surface area contributed by atoms with Gasteiger partial charge in [0.1, 0.15) is 0 Å². The van der Waals surface area contributed by atoms with Crippen LogP contribution in [0, 0.1) is 17.8 Å². The van der Waals surface area contributed by atoms with E-state index in [1.807, 2.05) is 24.3 Å². The number of para-hydroxylation sites is 1. The summed E-state index contributed by atoms with van der Waals surface area (Å²) in [6.45, 7) is 0.586. The standard InChI is InChI=1S/C22H29N3O4S/c1-30(27,28)29-8-4-7-25-19-6-3-2-5-18(19)20(24-25)21(26)23-22-12-15-9-16(13-22)11-17(10-15)14-22/h2-3,5-6,15-17H,4,7-14H2,1H3,(H,23,26). The average molecular weight is 432 g/mol. The summed E-state index contributed by atoms with van der Waals surface area (Å²) >= 11 is 0. The molecule has 8 heteroatoms. The van der Waals surface area contributed by atoms with Gasteiger partial charge in [0, 0.05) is 17.5 Å². The Morgan fingerprint density at radius 2 is 1.80 bits per heavy atom. The second kappa shape index (κ2) is 7.34. The highest BCUT2D eigenvalue weighted by Gasteiger charge is 2.51. The zero-order chi connectivity index (χ0) is 20.9. The highest BCUT2D eigenvalue weighted by Crippen LogP contribution is 2.55. The number of rotatable bonds is 7.